The number of hydrogen-bond donors (Lipinski definition) is 0. The van der Waals surface area contributed by atoms with E-state index < -0.39 is 0 Å². The van der Waals surface area contributed by atoms with Crippen LogP contribution in [0.15, 0.2) is 0 Å². The van der Waals surface area contributed by atoms with Crippen molar-refractivity contribution >= 4 is 24.3 Å². The second kappa shape index (κ2) is 19.4. The summed E-state index contributed by atoms with van der Waals surface area (Å²) >= 11 is 3.53. The molecule has 0 aromatic rings. The summed E-state index contributed by atoms with van der Waals surface area (Å²) in [5.74, 6) is 0. The third-order valence-electron chi connectivity index (χ3n) is 1.97. The van der Waals surface area contributed by atoms with Gasteiger partial charge < -0.3 is 0 Å². The standard InChI is InChI=1S/2C6H16N2S.2FH/c2*1-5-8(6-2)9-7(3)4;;/h2*5-6H2,1-4H3;2*1H. The Bertz CT molecular complexity index is 152. The summed E-state index contributed by atoms with van der Waals surface area (Å²) in [6, 6.07) is 0. The molecule has 0 amide bonds. The van der Waals surface area contributed by atoms with Crippen molar-refractivity contribution in [1.29, 1.82) is 0 Å². The number of hydrogen-bond acceptors (Lipinski definition) is 6. The Labute approximate surface area is 133 Å². The number of nitrogens with zero attached hydrogens (tertiary/aromatic N) is 4. The smallest absolute Gasteiger partial charge is 0.00844 e. The molecule has 0 rings (SSSR count). The van der Waals surface area contributed by atoms with E-state index in [2.05, 4.69) is 73.1 Å². The highest BCUT2D eigenvalue weighted by atomic mass is 32.2. The molecule has 0 saturated heterocycles. The van der Waals surface area contributed by atoms with Gasteiger partial charge in [0.15, 0.2) is 0 Å². The molecule has 0 aliphatic rings. The quantitative estimate of drug-likeness (QED) is 0.627. The van der Waals surface area contributed by atoms with Crippen molar-refractivity contribution in [1.82, 2.24) is 17.2 Å². The zero-order chi connectivity index (χ0) is 14.6. The first kappa shape index (κ1) is 28.5. The molecule has 128 valence electrons. The molecular weight excluding hydrogens is 302 g/mol. The summed E-state index contributed by atoms with van der Waals surface area (Å²) in [6.45, 7) is 13.1. The van der Waals surface area contributed by atoms with Crippen molar-refractivity contribution in [3.8, 4) is 0 Å². The van der Waals surface area contributed by atoms with Gasteiger partial charge >= 0.3 is 0 Å². The molecule has 0 aromatic heterocycles. The molecule has 0 N–H and O–H groups in total. The lowest BCUT2D eigenvalue weighted by molar-refractivity contribution is 0.498. The lowest BCUT2D eigenvalue weighted by Gasteiger charge is -2.19. The van der Waals surface area contributed by atoms with Crippen molar-refractivity contribution in [3.63, 3.8) is 0 Å². The molecule has 0 radical (unpaired) electrons. The highest BCUT2D eigenvalue weighted by Gasteiger charge is 1.99. The van der Waals surface area contributed by atoms with Crippen LogP contribution in [-0.2, 0) is 0 Å². The number of rotatable bonds is 8. The van der Waals surface area contributed by atoms with Crippen LogP contribution < -0.4 is 0 Å². The summed E-state index contributed by atoms with van der Waals surface area (Å²) < 4.78 is 8.79. The molecule has 0 spiro atoms. The SMILES string of the molecule is CCN(CC)SN(C)C.CCN(CC)SN(C)C.F.F. The Balaban J connectivity index is -0.000000116. The molecule has 20 heavy (non-hydrogen) atoms. The zero-order valence-corrected chi connectivity index (χ0v) is 15.9. The third-order valence-corrected chi connectivity index (χ3v) is 4.12. The van der Waals surface area contributed by atoms with Crippen LogP contribution in [0.3, 0.4) is 0 Å². The summed E-state index contributed by atoms with van der Waals surface area (Å²) in [4.78, 5) is 0. The Morgan fingerprint density at radius 2 is 0.750 bits per heavy atom. The predicted molar refractivity (Wildman–Crippen MR) is 93.4 cm³/mol. The average Bonchev–Trinajstić information content (AvgIpc) is 2.33. The van der Waals surface area contributed by atoms with Crippen LogP contribution in [0, 0.1) is 0 Å². The van der Waals surface area contributed by atoms with Gasteiger partial charge in [-0.05, 0) is 28.2 Å². The van der Waals surface area contributed by atoms with E-state index >= 15 is 0 Å². The minimum absolute atomic E-state index is 0. The van der Waals surface area contributed by atoms with E-state index in [-0.39, 0.29) is 9.41 Å². The fraction of sp³-hybridized carbons (Fsp3) is 1.00. The van der Waals surface area contributed by atoms with E-state index in [9.17, 15) is 0 Å². The van der Waals surface area contributed by atoms with Crippen LogP contribution in [0.2, 0.25) is 0 Å². The van der Waals surface area contributed by atoms with Crippen LogP contribution in [0.5, 0.6) is 0 Å². The second-order valence-corrected chi connectivity index (χ2v) is 6.84. The minimum atomic E-state index is 0. The van der Waals surface area contributed by atoms with E-state index in [1.165, 1.54) is 0 Å². The highest BCUT2D eigenvalue weighted by Crippen LogP contribution is 2.10. The van der Waals surface area contributed by atoms with Crippen LogP contribution in [0.1, 0.15) is 27.7 Å². The van der Waals surface area contributed by atoms with Gasteiger partial charge in [-0.1, -0.05) is 27.7 Å². The minimum Gasteiger partial charge on any atom is -0.269 e. The van der Waals surface area contributed by atoms with E-state index in [0.717, 1.165) is 26.2 Å². The number of halogens is 2. The normalized spacial score (nSPS) is 10.2. The van der Waals surface area contributed by atoms with E-state index in [1.807, 2.05) is 0 Å². The van der Waals surface area contributed by atoms with E-state index in [1.54, 1.807) is 24.3 Å². The Kier molecular flexibility index (Phi) is 27.7. The Morgan fingerprint density at radius 3 is 0.800 bits per heavy atom. The molecule has 0 heterocycles. The second-order valence-electron chi connectivity index (χ2n) is 4.02. The van der Waals surface area contributed by atoms with Gasteiger partial charge in [-0.15, -0.1) is 0 Å². The monoisotopic (exact) mass is 336 g/mol. The first-order chi connectivity index (χ1) is 8.40. The van der Waals surface area contributed by atoms with E-state index in [4.69, 9.17) is 0 Å². The molecule has 0 unspecified atom stereocenters. The van der Waals surface area contributed by atoms with Gasteiger partial charge in [-0.25, -0.2) is 17.2 Å². The van der Waals surface area contributed by atoms with Gasteiger partial charge in [0.05, 0.1) is 0 Å². The maximum absolute atomic E-state index is 2.29. The van der Waals surface area contributed by atoms with Crippen molar-refractivity contribution in [2.75, 3.05) is 54.4 Å². The first-order valence-electron chi connectivity index (χ1n) is 6.61. The molecule has 8 heteroatoms. The largest absolute Gasteiger partial charge is 0.269 e. The summed E-state index contributed by atoms with van der Waals surface area (Å²) in [5, 5.41) is 0. The molecule has 4 nitrogen and oxygen atoms in total. The molecule has 0 atom stereocenters. The van der Waals surface area contributed by atoms with Crippen molar-refractivity contribution < 1.29 is 9.41 Å². The molecule has 0 saturated carbocycles. The molecule has 0 aliphatic carbocycles. The van der Waals surface area contributed by atoms with Crippen LogP contribution in [0.4, 0.5) is 9.41 Å². The first-order valence-corrected chi connectivity index (χ1v) is 8.07. The Hall–Kier alpha value is 0.400. The zero-order valence-electron chi connectivity index (χ0n) is 14.3. The maximum Gasteiger partial charge on any atom is 0.00844 e. The van der Waals surface area contributed by atoms with Crippen LogP contribution in [-0.4, -0.2) is 71.6 Å². The lowest BCUT2D eigenvalue weighted by atomic mass is 10.7. The van der Waals surface area contributed by atoms with Crippen LogP contribution in [0.25, 0.3) is 0 Å². The van der Waals surface area contributed by atoms with Crippen molar-refractivity contribution in [3.05, 3.63) is 0 Å². The molecule has 0 aliphatic heterocycles. The fourth-order valence-electron chi connectivity index (χ4n) is 1.14. The van der Waals surface area contributed by atoms with Crippen molar-refractivity contribution in [2.24, 2.45) is 0 Å². The van der Waals surface area contributed by atoms with E-state index in [0.29, 0.717) is 0 Å². The third kappa shape index (κ3) is 20.7. The maximum atomic E-state index is 2.29. The van der Waals surface area contributed by atoms with Gasteiger partial charge in [0.25, 0.3) is 0 Å². The van der Waals surface area contributed by atoms with Gasteiger partial charge in [-0.2, -0.15) is 0 Å². The average molecular weight is 337 g/mol. The van der Waals surface area contributed by atoms with Gasteiger partial charge in [-0.3, -0.25) is 9.41 Å². The van der Waals surface area contributed by atoms with Crippen molar-refractivity contribution in [2.45, 2.75) is 27.7 Å². The molecular formula is C12H34F2N4S2. The fourth-order valence-corrected chi connectivity index (χ4v) is 2.53. The highest BCUT2D eigenvalue weighted by molar-refractivity contribution is 7.94. The predicted octanol–water partition coefficient (Wildman–Crippen LogP) is 3.21. The van der Waals surface area contributed by atoms with Crippen LogP contribution >= 0.6 is 24.3 Å². The summed E-state index contributed by atoms with van der Waals surface area (Å²) in [5.41, 5.74) is 0. The molecule has 0 fully saturated rings. The van der Waals surface area contributed by atoms with Gasteiger partial charge in [0, 0.05) is 50.4 Å². The summed E-state index contributed by atoms with van der Waals surface area (Å²) in [6.07, 6.45) is 0. The Morgan fingerprint density at radius 1 is 0.550 bits per heavy atom. The molecule has 0 aromatic carbocycles. The summed E-state index contributed by atoms with van der Waals surface area (Å²) in [7, 11) is 8.23. The molecule has 0 bridgehead atoms. The van der Waals surface area contributed by atoms with Gasteiger partial charge in [0.2, 0.25) is 0 Å². The lowest BCUT2D eigenvalue weighted by Crippen LogP contribution is -2.19. The topological polar surface area (TPSA) is 13.0 Å². The van der Waals surface area contributed by atoms with Gasteiger partial charge in [0.1, 0.15) is 0 Å².